The van der Waals surface area contributed by atoms with Crippen molar-refractivity contribution in [3.8, 4) is 0 Å². The highest BCUT2D eigenvalue weighted by atomic mass is 32.2. The van der Waals surface area contributed by atoms with Gasteiger partial charge in [-0.25, -0.2) is 5.84 Å². The molecule has 1 amide bonds. The molecule has 0 aromatic heterocycles. The predicted octanol–water partition coefficient (Wildman–Crippen LogP) is -0.956. The standard InChI is InChI=1S/C5H12N2O2S/c6-7(5-9)1-3-10-4-2-8/h5,8H,1-4,6H2. The second-order valence-electron chi connectivity index (χ2n) is 1.68. The normalized spacial score (nSPS) is 9.40. The Bertz CT molecular complexity index is 91.7. The second-order valence-corrected chi connectivity index (χ2v) is 2.90. The molecule has 60 valence electrons. The molecule has 0 radical (unpaired) electrons. The highest BCUT2D eigenvalue weighted by Gasteiger charge is 1.92. The summed E-state index contributed by atoms with van der Waals surface area (Å²) in [6.07, 6.45) is 0.583. The van der Waals surface area contributed by atoms with E-state index in [1.807, 2.05) is 0 Å². The van der Waals surface area contributed by atoms with E-state index in [1.54, 1.807) is 11.8 Å². The van der Waals surface area contributed by atoms with E-state index in [-0.39, 0.29) is 6.61 Å². The average Bonchev–Trinajstić information content (AvgIpc) is 1.98. The third kappa shape index (κ3) is 5.87. The lowest BCUT2D eigenvalue weighted by atomic mass is 10.7. The summed E-state index contributed by atoms with van der Waals surface area (Å²) in [5.74, 6) is 6.62. The molecule has 0 aliphatic carbocycles. The van der Waals surface area contributed by atoms with Gasteiger partial charge in [0.15, 0.2) is 0 Å². The van der Waals surface area contributed by atoms with Crippen molar-refractivity contribution in [1.82, 2.24) is 5.01 Å². The van der Waals surface area contributed by atoms with Gasteiger partial charge < -0.3 is 5.11 Å². The summed E-state index contributed by atoms with van der Waals surface area (Å²) < 4.78 is 0. The number of aliphatic hydroxyl groups excluding tert-OH is 1. The minimum atomic E-state index is 0.177. The molecule has 0 unspecified atom stereocenters. The quantitative estimate of drug-likeness (QED) is 0.174. The van der Waals surface area contributed by atoms with Gasteiger partial charge in [0.25, 0.3) is 0 Å². The molecular weight excluding hydrogens is 152 g/mol. The van der Waals surface area contributed by atoms with Crippen LogP contribution in [0.5, 0.6) is 0 Å². The number of carbonyl (C=O) groups is 1. The Morgan fingerprint density at radius 2 is 2.30 bits per heavy atom. The van der Waals surface area contributed by atoms with Crippen LogP contribution in [0.25, 0.3) is 0 Å². The van der Waals surface area contributed by atoms with Crippen LogP contribution in [-0.4, -0.2) is 41.2 Å². The van der Waals surface area contributed by atoms with E-state index in [9.17, 15) is 4.79 Å². The molecule has 5 heteroatoms. The van der Waals surface area contributed by atoms with Gasteiger partial charge >= 0.3 is 0 Å². The first-order valence-electron chi connectivity index (χ1n) is 2.96. The Balaban J connectivity index is 2.95. The predicted molar refractivity (Wildman–Crippen MR) is 41.4 cm³/mol. The van der Waals surface area contributed by atoms with Crippen LogP contribution in [0.15, 0.2) is 0 Å². The van der Waals surface area contributed by atoms with Gasteiger partial charge in [0.05, 0.1) is 6.61 Å². The molecule has 3 N–H and O–H groups in total. The van der Waals surface area contributed by atoms with Gasteiger partial charge in [-0.15, -0.1) is 0 Å². The van der Waals surface area contributed by atoms with Gasteiger partial charge in [0.2, 0.25) is 6.41 Å². The average molecular weight is 164 g/mol. The largest absolute Gasteiger partial charge is 0.396 e. The van der Waals surface area contributed by atoms with Crippen LogP contribution in [0.4, 0.5) is 0 Å². The molecule has 4 nitrogen and oxygen atoms in total. The van der Waals surface area contributed by atoms with Gasteiger partial charge in [-0.1, -0.05) is 0 Å². The van der Waals surface area contributed by atoms with Crippen LogP contribution in [0.2, 0.25) is 0 Å². The summed E-state index contributed by atoms with van der Waals surface area (Å²) in [7, 11) is 0. The highest BCUT2D eigenvalue weighted by molar-refractivity contribution is 7.99. The van der Waals surface area contributed by atoms with Crippen LogP contribution >= 0.6 is 11.8 Å². The van der Waals surface area contributed by atoms with Crippen molar-refractivity contribution >= 4 is 18.2 Å². The summed E-state index contributed by atoms with van der Waals surface area (Å²) in [6, 6.07) is 0. The van der Waals surface area contributed by atoms with Crippen molar-refractivity contribution < 1.29 is 9.90 Å². The first-order valence-corrected chi connectivity index (χ1v) is 4.12. The lowest BCUT2D eigenvalue weighted by Crippen LogP contribution is -2.31. The molecule has 0 aliphatic heterocycles. The van der Waals surface area contributed by atoms with Crippen molar-refractivity contribution in [2.24, 2.45) is 5.84 Å². The van der Waals surface area contributed by atoms with E-state index in [4.69, 9.17) is 10.9 Å². The fraction of sp³-hybridized carbons (Fsp3) is 0.800. The molecule has 0 heterocycles. The summed E-state index contributed by atoms with van der Waals surface area (Å²) in [4.78, 5) is 9.91. The number of rotatable bonds is 6. The van der Waals surface area contributed by atoms with Crippen molar-refractivity contribution in [3.63, 3.8) is 0 Å². The van der Waals surface area contributed by atoms with E-state index in [0.717, 1.165) is 10.8 Å². The smallest absolute Gasteiger partial charge is 0.223 e. The maximum Gasteiger partial charge on any atom is 0.223 e. The van der Waals surface area contributed by atoms with E-state index in [1.165, 1.54) is 0 Å². The molecule has 10 heavy (non-hydrogen) atoms. The monoisotopic (exact) mass is 164 g/mol. The Kier molecular flexibility index (Phi) is 6.68. The Labute approximate surface area is 64.3 Å². The van der Waals surface area contributed by atoms with Gasteiger partial charge in [-0.05, 0) is 0 Å². The van der Waals surface area contributed by atoms with Gasteiger partial charge in [0.1, 0.15) is 0 Å². The van der Waals surface area contributed by atoms with Crippen molar-refractivity contribution in [2.45, 2.75) is 0 Å². The highest BCUT2D eigenvalue weighted by Crippen LogP contribution is 1.96. The summed E-state index contributed by atoms with van der Waals surface area (Å²) >= 11 is 1.57. The number of nitrogens with two attached hydrogens (primary N) is 1. The molecule has 0 aromatic carbocycles. The van der Waals surface area contributed by atoms with E-state index in [0.29, 0.717) is 18.7 Å². The van der Waals surface area contributed by atoms with Crippen LogP contribution in [0.1, 0.15) is 0 Å². The lowest BCUT2D eigenvalue weighted by molar-refractivity contribution is -0.118. The van der Waals surface area contributed by atoms with Crippen molar-refractivity contribution in [2.75, 3.05) is 24.7 Å². The van der Waals surface area contributed by atoms with Gasteiger partial charge in [-0.2, -0.15) is 11.8 Å². The van der Waals surface area contributed by atoms with Crippen LogP contribution in [0.3, 0.4) is 0 Å². The van der Waals surface area contributed by atoms with Crippen LogP contribution in [0, 0.1) is 0 Å². The van der Waals surface area contributed by atoms with E-state index in [2.05, 4.69) is 0 Å². The number of hydrazine groups is 1. The summed E-state index contributed by atoms with van der Waals surface area (Å²) in [6.45, 7) is 0.713. The van der Waals surface area contributed by atoms with Gasteiger partial charge in [-0.3, -0.25) is 9.80 Å². The molecule has 0 spiro atoms. The Morgan fingerprint density at radius 3 is 2.80 bits per heavy atom. The number of hydrogen-bond donors (Lipinski definition) is 2. The zero-order valence-electron chi connectivity index (χ0n) is 5.69. The minimum absolute atomic E-state index is 0.177. The molecule has 0 rings (SSSR count). The number of thioether (sulfide) groups is 1. The summed E-state index contributed by atoms with van der Waals surface area (Å²) in [5.41, 5.74) is 0. The van der Waals surface area contributed by atoms with Crippen molar-refractivity contribution in [3.05, 3.63) is 0 Å². The zero-order valence-corrected chi connectivity index (χ0v) is 6.51. The van der Waals surface area contributed by atoms with Crippen LogP contribution in [-0.2, 0) is 4.79 Å². The maximum absolute atomic E-state index is 9.91. The number of carbonyl (C=O) groups excluding carboxylic acids is 1. The third-order valence-electron chi connectivity index (χ3n) is 0.865. The number of amides is 1. The Hall–Kier alpha value is -0.260. The van der Waals surface area contributed by atoms with E-state index < -0.39 is 0 Å². The molecular formula is C5H12N2O2S. The fourth-order valence-electron chi connectivity index (χ4n) is 0.389. The van der Waals surface area contributed by atoms with Crippen LogP contribution < -0.4 is 5.84 Å². The molecule has 0 bridgehead atoms. The summed E-state index contributed by atoms with van der Waals surface area (Å²) in [5, 5.41) is 9.44. The molecule has 0 fully saturated rings. The second kappa shape index (κ2) is 6.85. The number of nitrogens with zero attached hydrogens (tertiary/aromatic N) is 1. The zero-order chi connectivity index (χ0) is 7.82. The minimum Gasteiger partial charge on any atom is -0.396 e. The third-order valence-corrected chi connectivity index (χ3v) is 1.81. The maximum atomic E-state index is 9.91. The van der Waals surface area contributed by atoms with Crippen molar-refractivity contribution in [1.29, 1.82) is 0 Å². The lowest BCUT2D eigenvalue weighted by Gasteiger charge is -2.07. The number of aliphatic hydroxyl groups is 1. The first kappa shape index (κ1) is 9.74. The molecule has 0 atom stereocenters. The molecule has 0 saturated heterocycles. The number of hydrogen-bond acceptors (Lipinski definition) is 4. The molecule has 0 aromatic rings. The van der Waals surface area contributed by atoms with E-state index >= 15 is 0 Å². The molecule has 0 saturated carbocycles. The Morgan fingerprint density at radius 1 is 1.60 bits per heavy atom. The fourth-order valence-corrected chi connectivity index (χ4v) is 1.06. The van der Waals surface area contributed by atoms with Gasteiger partial charge in [0, 0.05) is 18.1 Å². The molecule has 0 aliphatic rings. The SMILES string of the molecule is NN(C=O)CCSCCO. The first-order chi connectivity index (χ1) is 4.81. The topological polar surface area (TPSA) is 66.6 Å².